The molecular weight excluding hydrogens is 262 g/mol. The Morgan fingerprint density at radius 2 is 2.05 bits per heavy atom. The van der Waals surface area contributed by atoms with Gasteiger partial charge >= 0.3 is 0 Å². The largest absolute Gasteiger partial charge is 0.454 e. The van der Waals surface area contributed by atoms with Gasteiger partial charge in [-0.3, -0.25) is 10.1 Å². The van der Waals surface area contributed by atoms with Crippen molar-refractivity contribution in [3.63, 3.8) is 0 Å². The highest BCUT2D eigenvalue weighted by Crippen LogP contribution is 2.64. The van der Waals surface area contributed by atoms with Crippen LogP contribution >= 0.6 is 0 Å². The summed E-state index contributed by atoms with van der Waals surface area (Å²) in [5, 5.41) is 21.8. The molecule has 0 saturated heterocycles. The van der Waals surface area contributed by atoms with Crippen molar-refractivity contribution in [2.45, 2.75) is 20.0 Å². The van der Waals surface area contributed by atoms with Crippen LogP contribution in [0.15, 0.2) is 24.3 Å². The molecule has 0 radical (unpaired) electrons. The number of aliphatic hydroxyl groups excluding tert-OH is 1. The van der Waals surface area contributed by atoms with Crippen molar-refractivity contribution in [3.05, 3.63) is 40.0 Å². The van der Waals surface area contributed by atoms with Crippen molar-refractivity contribution in [2.75, 3.05) is 6.79 Å². The molecule has 2 aliphatic rings. The van der Waals surface area contributed by atoms with E-state index in [9.17, 15) is 15.2 Å². The molecule has 6 nitrogen and oxygen atoms in total. The lowest BCUT2D eigenvalue weighted by molar-refractivity contribution is -0.386. The molecule has 20 heavy (non-hydrogen) atoms. The van der Waals surface area contributed by atoms with Gasteiger partial charge < -0.3 is 14.6 Å². The minimum Gasteiger partial charge on any atom is -0.454 e. The molecule has 3 rings (SSSR count). The number of hydrogen-bond acceptors (Lipinski definition) is 5. The molecule has 1 aliphatic carbocycles. The molecule has 1 heterocycles. The highest BCUT2D eigenvalue weighted by molar-refractivity contribution is 5.57. The van der Waals surface area contributed by atoms with Gasteiger partial charge in [-0.1, -0.05) is 26.0 Å². The van der Waals surface area contributed by atoms with E-state index in [1.165, 1.54) is 12.1 Å². The molecule has 0 amide bonds. The van der Waals surface area contributed by atoms with Gasteiger partial charge in [0.15, 0.2) is 11.5 Å². The summed E-state index contributed by atoms with van der Waals surface area (Å²) in [6.07, 6.45) is -0.986. The Bertz CT molecular complexity index is 626. The minimum absolute atomic E-state index is 0.0341. The predicted octanol–water partition coefficient (Wildman–Crippen LogP) is 2.57. The molecule has 0 spiro atoms. The summed E-state index contributed by atoms with van der Waals surface area (Å²) in [6, 6.07) is 2.80. The van der Waals surface area contributed by atoms with E-state index in [-0.39, 0.29) is 24.0 Å². The Kier molecular flexibility index (Phi) is 2.56. The van der Waals surface area contributed by atoms with Crippen LogP contribution in [0.3, 0.4) is 0 Å². The SMILES string of the molecule is C=C1[C@@H](C)[C@]1(C)[C@H](O)c1cc2c(cc1[N+](=O)[O-])OCO2. The Balaban J connectivity index is 2.09. The maximum atomic E-state index is 11.2. The number of benzene rings is 1. The van der Waals surface area contributed by atoms with Crippen LogP contribution in [0.1, 0.15) is 25.5 Å². The van der Waals surface area contributed by atoms with Gasteiger partial charge in [-0.2, -0.15) is 0 Å². The van der Waals surface area contributed by atoms with E-state index in [1.54, 1.807) is 0 Å². The molecule has 1 fully saturated rings. The first-order valence-corrected chi connectivity index (χ1v) is 6.32. The molecule has 1 N–H and O–H groups in total. The van der Waals surface area contributed by atoms with Gasteiger partial charge in [0, 0.05) is 5.41 Å². The normalized spacial score (nSPS) is 28.4. The lowest BCUT2D eigenvalue weighted by Gasteiger charge is -2.19. The average Bonchev–Trinajstić information content (AvgIpc) is 2.83. The van der Waals surface area contributed by atoms with E-state index in [1.807, 2.05) is 13.8 Å². The summed E-state index contributed by atoms with van der Waals surface area (Å²) in [6.45, 7) is 7.75. The molecule has 0 aromatic heterocycles. The van der Waals surface area contributed by atoms with Crippen molar-refractivity contribution in [1.29, 1.82) is 0 Å². The number of nitro benzene ring substituents is 1. The second-order valence-corrected chi connectivity index (χ2v) is 5.45. The summed E-state index contributed by atoms with van der Waals surface area (Å²) in [5.74, 6) is 0.884. The van der Waals surface area contributed by atoms with Crippen LogP contribution in [0.5, 0.6) is 11.5 Å². The van der Waals surface area contributed by atoms with E-state index in [0.717, 1.165) is 5.57 Å². The maximum absolute atomic E-state index is 11.2. The summed E-state index contributed by atoms with van der Waals surface area (Å²) in [4.78, 5) is 10.7. The number of ether oxygens (including phenoxy) is 2. The van der Waals surface area contributed by atoms with Crippen LogP contribution in [0.25, 0.3) is 0 Å². The van der Waals surface area contributed by atoms with Crippen molar-refractivity contribution < 1.29 is 19.5 Å². The monoisotopic (exact) mass is 277 g/mol. The standard InChI is InChI=1S/C14H15NO5/c1-7-8(2)14(7,3)13(16)9-4-11-12(20-6-19-11)5-10(9)15(17)18/h4-5,8,13,16H,1,6H2,2-3H3/t8-,13-,14-/m1/s1. The minimum atomic E-state index is -0.986. The van der Waals surface area contributed by atoms with E-state index in [4.69, 9.17) is 9.47 Å². The van der Waals surface area contributed by atoms with Gasteiger partial charge in [0.2, 0.25) is 6.79 Å². The van der Waals surface area contributed by atoms with Crippen LogP contribution in [-0.2, 0) is 0 Å². The van der Waals surface area contributed by atoms with E-state index < -0.39 is 16.4 Å². The molecule has 1 aliphatic heterocycles. The number of rotatable bonds is 3. The fraction of sp³-hybridized carbons (Fsp3) is 0.429. The van der Waals surface area contributed by atoms with Crippen LogP contribution in [0.2, 0.25) is 0 Å². The first-order valence-electron chi connectivity index (χ1n) is 6.32. The molecule has 1 aromatic carbocycles. The van der Waals surface area contributed by atoms with Crippen molar-refractivity contribution in [1.82, 2.24) is 0 Å². The summed E-state index contributed by atoms with van der Waals surface area (Å²) in [7, 11) is 0. The second-order valence-electron chi connectivity index (χ2n) is 5.45. The van der Waals surface area contributed by atoms with E-state index in [0.29, 0.717) is 11.5 Å². The molecule has 1 saturated carbocycles. The highest BCUT2D eigenvalue weighted by atomic mass is 16.7. The van der Waals surface area contributed by atoms with Crippen molar-refractivity contribution in [2.24, 2.45) is 11.3 Å². The van der Waals surface area contributed by atoms with Gasteiger partial charge in [-0.25, -0.2) is 0 Å². The van der Waals surface area contributed by atoms with E-state index >= 15 is 0 Å². The molecular formula is C14H15NO5. The lowest BCUT2D eigenvalue weighted by Crippen LogP contribution is -2.14. The predicted molar refractivity (Wildman–Crippen MR) is 70.6 cm³/mol. The molecule has 1 aromatic rings. The third-order valence-electron chi connectivity index (χ3n) is 4.61. The smallest absolute Gasteiger partial charge is 0.279 e. The van der Waals surface area contributed by atoms with Gasteiger partial charge in [-0.05, 0) is 12.0 Å². The van der Waals surface area contributed by atoms with Crippen LogP contribution in [0, 0.1) is 21.4 Å². The fourth-order valence-corrected chi connectivity index (χ4v) is 2.80. The quantitative estimate of drug-likeness (QED) is 0.521. The Morgan fingerprint density at radius 1 is 1.50 bits per heavy atom. The number of fused-ring (bicyclic) bond motifs is 1. The number of nitro groups is 1. The maximum Gasteiger partial charge on any atom is 0.279 e. The third kappa shape index (κ3) is 1.54. The van der Waals surface area contributed by atoms with Crippen molar-refractivity contribution >= 4 is 5.69 Å². The first-order chi connectivity index (χ1) is 9.37. The molecule has 0 unspecified atom stereocenters. The van der Waals surface area contributed by atoms with Gasteiger partial charge in [0.05, 0.1) is 22.7 Å². The summed E-state index contributed by atoms with van der Waals surface area (Å²) >= 11 is 0. The topological polar surface area (TPSA) is 81.8 Å². The molecule has 0 bridgehead atoms. The van der Waals surface area contributed by atoms with Crippen LogP contribution in [-0.4, -0.2) is 16.8 Å². The van der Waals surface area contributed by atoms with Crippen LogP contribution in [0.4, 0.5) is 5.69 Å². The van der Waals surface area contributed by atoms with Crippen molar-refractivity contribution in [3.8, 4) is 11.5 Å². The Hall–Kier alpha value is -2.08. The average molecular weight is 277 g/mol. The van der Waals surface area contributed by atoms with Gasteiger partial charge in [-0.15, -0.1) is 0 Å². The zero-order valence-corrected chi connectivity index (χ0v) is 11.3. The van der Waals surface area contributed by atoms with Gasteiger partial charge in [0.1, 0.15) is 0 Å². The second kappa shape index (κ2) is 3.96. The first kappa shape index (κ1) is 12.9. The summed E-state index contributed by atoms with van der Waals surface area (Å²) < 4.78 is 10.4. The Morgan fingerprint density at radius 3 is 2.55 bits per heavy atom. The number of aliphatic hydroxyl groups is 1. The third-order valence-corrected chi connectivity index (χ3v) is 4.61. The van der Waals surface area contributed by atoms with Gasteiger partial charge in [0.25, 0.3) is 5.69 Å². The molecule has 106 valence electrons. The van der Waals surface area contributed by atoms with Crippen LogP contribution < -0.4 is 9.47 Å². The highest BCUT2D eigenvalue weighted by Gasteiger charge is 2.58. The number of nitrogens with zero attached hydrogens (tertiary/aromatic N) is 1. The molecule has 3 atom stereocenters. The lowest BCUT2D eigenvalue weighted by atomic mass is 9.91. The zero-order chi connectivity index (χ0) is 14.7. The van der Waals surface area contributed by atoms with E-state index in [2.05, 4.69) is 6.58 Å². The molecule has 6 heteroatoms. The fourth-order valence-electron chi connectivity index (χ4n) is 2.80. The number of hydrogen-bond donors (Lipinski definition) is 1. The zero-order valence-electron chi connectivity index (χ0n) is 11.3. The Labute approximate surface area is 115 Å². The summed E-state index contributed by atoms with van der Waals surface area (Å²) in [5.41, 5.74) is 0.456.